The van der Waals surface area contributed by atoms with E-state index in [1.54, 1.807) is 26.8 Å². The van der Waals surface area contributed by atoms with Crippen molar-refractivity contribution in [2.75, 3.05) is 18.0 Å². The van der Waals surface area contributed by atoms with Crippen LogP contribution in [0.25, 0.3) is 0 Å². The Morgan fingerprint density at radius 2 is 2.19 bits per heavy atom. The second-order valence-electron chi connectivity index (χ2n) is 6.85. The first-order valence-corrected chi connectivity index (χ1v) is 8.43. The standard InChI is InChI=1S/C16H20ClN5O4/c1-16(2,3)26-15(25)22(10-5-4-6-21(9-10)14(23)24)12-8-19-11(7-18)13(17)20-12/h8,10H,4-6,9H2,1-3H3,(H,23,24)/t10-/m1/s1. The van der Waals surface area contributed by atoms with E-state index in [9.17, 15) is 14.7 Å². The number of piperidine rings is 1. The normalized spacial score (nSPS) is 17.3. The van der Waals surface area contributed by atoms with Crippen LogP contribution in [0.4, 0.5) is 15.4 Å². The van der Waals surface area contributed by atoms with Crippen molar-refractivity contribution in [3.63, 3.8) is 0 Å². The average Bonchev–Trinajstić information content (AvgIpc) is 2.54. The van der Waals surface area contributed by atoms with E-state index in [1.807, 2.05) is 0 Å². The Morgan fingerprint density at radius 1 is 1.50 bits per heavy atom. The fourth-order valence-corrected chi connectivity index (χ4v) is 2.81. The van der Waals surface area contributed by atoms with Crippen LogP contribution in [0.5, 0.6) is 0 Å². The van der Waals surface area contributed by atoms with Gasteiger partial charge in [-0.05, 0) is 33.6 Å². The summed E-state index contributed by atoms with van der Waals surface area (Å²) in [6.07, 6.45) is 0.692. The van der Waals surface area contributed by atoms with Crippen LogP contribution in [0.1, 0.15) is 39.3 Å². The molecular formula is C16H20ClN5O4. The van der Waals surface area contributed by atoms with Gasteiger partial charge in [-0.3, -0.25) is 4.90 Å². The zero-order chi connectivity index (χ0) is 19.5. The fourth-order valence-electron chi connectivity index (χ4n) is 2.63. The topological polar surface area (TPSA) is 120 Å². The fraction of sp³-hybridized carbons (Fsp3) is 0.562. The maximum atomic E-state index is 12.8. The molecule has 0 radical (unpaired) electrons. The third kappa shape index (κ3) is 4.73. The van der Waals surface area contributed by atoms with Gasteiger partial charge in [-0.25, -0.2) is 19.6 Å². The average molecular weight is 382 g/mol. The highest BCUT2D eigenvalue weighted by molar-refractivity contribution is 6.30. The second kappa shape index (κ2) is 7.74. The minimum Gasteiger partial charge on any atom is -0.465 e. The number of nitriles is 1. The monoisotopic (exact) mass is 381 g/mol. The Labute approximate surface area is 156 Å². The molecule has 2 heterocycles. The van der Waals surface area contributed by atoms with Crippen molar-refractivity contribution >= 4 is 29.6 Å². The summed E-state index contributed by atoms with van der Waals surface area (Å²) in [4.78, 5) is 34.6. The number of amides is 2. The molecule has 1 N–H and O–H groups in total. The van der Waals surface area contributed by atoms with Crippen LogP contribution in [0.3, 0.4) is 0 Å². The summed E-state index contributed by atoms with van der Waals surface area (Å²) in [7, 11) is 0. The highest BCUT2D eigenvalue weighted by Crippen LogP contribution is 2.25. The first-order valence-electron chi connectivity index (χ1n) is 8.05. The largest absolute Gasteiger partial charge is 0.465 e. The molecule has 1 saturated heterocycles. The molecule has 0 spiro atoms. The van der Waals surface area contributed by atoms with E-state index in [0.29, 0.717) is 19.4 Å². The smallest absolute Gasteiger partial charge is 0.416 e. The van der Waals surface area contributed by atoms with Gasteiger partial charge in [-0.2, -0.15) is 5.26 Å². The lowest BCUT2D eigenvalue weighted by Gasteiger charge is -2.38. The van der Waals surface area contributed by atoms with E-state index >= 15 is 0 Å². The first-order chi connectivity index (χ1) is 12.1. The number of ether oxygens (including phenoxy) is 1. The number of aromatic nitrogens is 2. The lowest BCUT2D eigenvalue weighted by Crippen LogP contribution is -2.53. The van der Waals surface area contributed by atoms with Crippen molar-refractivity contribution in [2.45, 2.75) is 45.3 Å². The molecule has 9 nitrogen and oxygen atoms in total. The van der Waals surface area contributed by atoms with Crippen molar-refractivity contribution < 1.29 is 19.4 Å². The molecule has 140 valence electrons. The number of carbonyl (C=O) groups is 2. The molecule has 1 aliphatic heterocycles. The van der Waals surface area contributed by atoms with Gasteiger partial charge in [0.25, 0.3) is 0 Å². The molecular weight excluding hydrogens is 362 g/mol. The Balaban J connectivity index is 2.39. The summed E-state index contributed by atoms with van der Waals surface area (Å²) in [6.45, 7) is 5.70. The predicted octanol–water partition coefficient (Wildman–Crippen LogP) is 2.89. The zero-order valence-electron chi connectivity index (χ0n) is 14.8. The molecule has 1 aromatic rings. The van der Waals surface area contributed by atoms with Crippen LogP contribution in [0, 0.1) is 11.3 Å². The van der Waals surface area contributed by atoms with E-state index in [0.717, 1.165) is 0 Å². The summed E-state index contributed by atoms with van der Waals surface area (Å²) < 4.78 is 5.44. The van der Waals surface area contributed by atoms with Crippen molar-refractivity contribution in [1.29, 1.82) is 5.26 Å². The van der Waals surface area contributed by atoms with Gasteiger partial charge >= 0.3 is 12.2 Å². The van der Waals surface area contributed by atoms with E-state index in [1.165, 1.54) is 16.0 Å². The van der Waals surface area contributed by atoms with Crippen molar-refractivity contribution in [1.82, 2.24) is 14.9 Å². The molecule has 0 bridgehead atoms. The lowest BCUT2D eigenvalue weighted by molar-refractivity contribution is 0.0539. The summed E-state index contributed by atoms with van der Waals surface area (Å²) in [6, 6.07) is 1.33. The van der Waals surface area contributed by atoms with Crippen LogP contribution in [0.15, 0.2) is 6.20 Å². The number of carboxylic acid groups (broad SMARTS) is 1. The van der Waals surface area contributed by atoms with E-state index in [4.69, 9.17) is 21.6 Å². The van der Waals surface area contributed by atoms with Gasteiger partial charge in [0.1, 0.15) is 11.7 Å². The Kier molecular flexibility index (Phi) is 5.87. The minimum atomic E-state index is -1.05. The molecule has 2 rings (SSSR count). The Hall–Kier alpha value is -2.60. The van der Waals surface area contributed by atoms with Gasteiger partial charge in [-0.15, -0.1) is 0 Å². The third-order valence-electron chi connectivity index (χ3n) is 3.69. The van der Waals surface area contributed by atoms with Gasteiger partial charge in [-0.1, -0.05) is 11.6 Å². The molecule has 10 heteroatoms. The summed E-state index contributed by atoms with van der Waals surface area (Å²) in [5.41, 5.74) is -0.810. The Morgan fingerprint density at radius 3 is 2.73 bits per heavy atom. The first kappa shape index (κ1) is 19.7. The number of rotatable bonds is 2. The van der Waals surface area contributed by atoms with Gasteiger partial charge < -0.3 is 14.7 Å². The third-order valence-corrected chi connectivity index (χ3v) is 3.96. The van der Waals surface area contributed by atoms with Crippen molar-refractivity contribution in [2.24, 2.45) is 0 Å². The molecule has 0 aliphatic carbocycles. The molecule has 1 aromatic heterocycles. The molecule has 0 aromatic carbocycles. The summed E-state index contributed by atoms with van der Waals surface area (Å²) in [5.74, 6) is 0.112. The quantitative estimate of drug-likeness (QED) is 0.836. The van der Waals surface area contributed by atoms with E-state index < -0.39 is 23.8 Å². The van der Waals surface area contributed by atoms with Crippen LogP contribution in [0.2, 0.25) is 5.15 Å². The SMILES string of the molecule is CC(C)(C)OC(=O)N(c1cnc(C#N)c(Cl)n1)[C@@H]1CCCN(C(=O)O)C1. The number of halogens is 1. The molecule has 1 aliphatic rings. The number of nitrogens with zero attached hydrogens (tertiary/aromatic N) is 5. The lowest BCUT2D eigenvalue weighted by atomic mass is 10.0. The molecule has 1 fully saturated rings. The number of carbonyl (C=O) groups excluding carboxylic acids is 1. The van der Waals surface area contributed by atoms with Gasteiger partial charge in [0, 0.05) is 13.1 Å². The number of hydrogen-bond acceptors (Lipinski definition) is 6. The molecule has 2 amide bonds. The van der Waals surface area contributed by atoms with Gasteiger partial charge in [0.15, 0.2) is 16.7 Å². The maximum Gasteiger partial charge on any atom is 0.416 e. The van der Waals surface area contributed by atoms with Crippen molar-refractivity contribution in [3.8, 4) is 6.07 Å². The van der Waals surface area contributed by atoms with Crippen LogP contribution in [-0.2, 0) is 4.74 Å². The molecule has 26 heavy (non-hydrogen) atoms. The second-order valence-corrected chi connectivity index (χ2v) is 7.21. The summed E-state index contributed by atoms with van der Waals surface area (Å²) in [5, 5.41) is 18.1. The highest BCUT2D eigenvalue weighted by Gasteiger charge is 2.35. The minimum absolute atomic E-state index is 0.0598. The van der Waals surface area contributed by atoms with Crippen LogP contribution in [-0.4, -0.2) is 56.9 Å². The van der Waals surface area contributed by atoms with Gasteiger partial charge in [0.2, 0.25) is 0 Å². The molecule has 1 atom stereocenters. The predicted molar refractivity (Wildman–Crippen MR) is 93.1 cm³/mol. The maximum absolute atomic E-state index is 12.8. The highest BCUT2D eigenvalue weighted by atomic mass is 35.5. The number of anilines is 1. The number of hydrogen-bond donors (Lipinski definition) is 1. The molecule has 0 unspecified atom stereocenters. The van der Waals surface area contributed by atoms with Crippen LogP contribution < -0.4 is 4.90 Å². The van der Waals surface area contributed by atoms with E-state index in [2.05, 4.69) is 9.97 Å². The van der Waals surface area contributed by atoms with Gasteiger partial charge in [0.05, 0.1) is 12.2 Å². The molecule has 0 saturated carbocycles. The van der Waals surface area contributed by atoms with Crippen LogP contribution >= 0.6 is 11.6 Å². The Bertz CT molecular complexity index is 743. The van der Waals surface area contributed by atoms with Crippen molar-refractivity contribution in [3.05, 3.63) is 17.0 Å². The van der Waals surface area contributed by atoms with E-state index in [-0.39, 0.29) is 23.2 Å². The number of likely N-dealkylation sites (tertiary alicyclic amines) is 1. The zero-order valence-corrected chi connectivity index (χ0v) is 15.5. The summed E-state index contributed by atoms with van der Waals surface area (Å²) >= 11 is 5.95.